The number of nitrogens with one attached hydrogen (secondary N) is 1. The first-order valence-electron chi connectivity index (χ1n) is 6.01. The second-order valence-electron chi connectivity index (χ2n) is 4.30. The van der Waals surface area contributed by atoms with E-state index in [9.17, 15) is 13.2 Å². The smallest absolute Gasteiger partial charge is 0.255 e. The fourth-order valence-electron chi connectivity index (χ4n) is 1.72. The van der Waals surface area contributed by atoms with E-state index in [1.165, 1.54) is 18.4 Å². The number of carbonyl (C=O) groups is 1. The molecule has 1 amide bonds. The van der Waals surface area contributed by atoms with Gasteiger partial charge in [0.05, 0.1) is 16.7 Å². The maximum Gasteiger partial charge on any atom is 0.255 e. The molecule has 0 fully saturated rings. The third kappa shape index (κ3) is 4.16. The number of furan rings is 1. The normalized spacial score (nSPS) is 11.3. The van der Waals surface area contributed by atoms with Crippen LogP contribution in [0.2, 0.25) is 0 Å². The number of rotatable bonds is 5. The summed E-state index contributed by atoms with van der Waals surface area (Å²) in [6.07, 6.45) is 2.00. The van der Waals surface area contributed by atoms with Crippen molar-refractivity contribution < 1.29 is 17.6 Å². The number of carbonyl (C=O) groups excluding carboxylic acids is 1. The summed E-state index contributed by atoms with van der Waals surface area (Å²) in [4.78, 5) is 11.9. The lowest BCUT2D eigenvalue weighted by atomic mass is 10.1. The average molecular weight is 373 g/mol. The van der Waals surface area contributed by atoms with Crippen molar-refractivity contribution in [2.45, 2.75) is 11.3 Å². The van der Waals surface area contributed by atoms with E-state index >= 15 is 0 Å². The van der Waals surface area contributed by atoms with Gasteiger partial charge in [-0.3, -0.25) is 4.79 Å². The van der Waals surface area contributed by atoms with Gasteiger partial charge in [-0.1, -0.05) is 12.1 Å². The standard InChI is InChI=1S/C13H13BrN2O4S/c14-12-11(6-8-20-12)13(17)16-7-5-9-1-3-10(4-2-9)21(15,18)19/h1-4,6,8H,5,7H2,(H,16,17)(H2,15,18,19). The van der Waals surface area contributed by atoms with Crippen molar-refractivity contribution in [3.05, 3.63) is 52.4 Å². The maximum absolute atomic E-state index is 11.8. The summed E-state index contributed by atoms with van der Waals surface area (Å²) in [5, 5.41) is 7.76. The van der Waals surface area contributed by atoms with Crippen molar-refractivity contribution in [1.82, 2.24) is 5.32 Å². The molecule has 0 radical (unpaired) electrons. The van der Waals surface area contributed by atoms with Crippen LogP contribution in [0.1, 0.15) is 15.9 Å². The van der Waals surface area contributed by atoms with Gasteiger partial charge in [0, 0.05) is 6.54 Å². The van der Waals surface area contributed by atoms with Gasteiger partial charge in [-0.15, -0.1) is 0 Å². The first-order chi connectivity index (χ1) is 9.88. The summed E-state index contributed by atoms with van der Waals surface area (Å²) < 4.78 is 27.6. The molecule has 1 aromatic carbocycles. The Balaban J connectivity index is 1.89. The number of halogens is 1. The predicted octanol–water partition coefficient (Wildman–Crippen LogP) is 1.66. The zero-order valence-electron chi connectivity index (χ0n) is 10.9. The summed E-state index contributed by atoms with van der Waals surface area (Å²) in [5.41, 5.74) is 1.33. The lowest BCUT2D eigenvalue weighted by Gasteiger charge is -2.05. The van der Waals surface area contributed by atoms with Gasteiger partial charge in [0.2, 0.25) is 10.0 Å². The zero-order valence-corrected chi connectivity index (χ0v) is 13.3. The molecule has 21 heavy (non-hydrogen) atoms. The van der Waals surface area contributed by atoms with Crippen LogP contribution < -0.4 is 10.5 Å². The molecule has 0 bridgehead atoms. The molecule has 2 rings (SSSR count). The van der Waals surface area contributed by atoms with E-state index in [2.05, 4.69) is 21.2 Å². The Morgan fingerprint density at radius 1 is 1.24 bits per heavy atom. The summed E-state index contributed by atoms with van der Waals surface area (Å²) >= 11 is 3.13. The highest BCUT2D eigenvalue weighted by Crippen LogP contribution is 2.17. The van der Waals surface area contributed by atoms with E-state index in [0.717, 1.165) is 5.56 Å². The van der Waals surface area contributed by atoms with E-state index in [1.54, 1.807) is 18.2 Å². The fraction of sp³-hybridized carbons (Fsp3) is 0.154. The highest BCUT2D eigenvalue weighted by Gasteiger charge is 2.12. The van der Waals surface area contributed by atoms with Gasteiger partial charge < -0.3 is 9.73 Å². The molecule has 112 valence electrons. The molecular weight excluding hydrogens is 360 g/mol. The third-order valence-electron chi connectivity index (χ3n) is 2.81. The maximum atomic E-state index is 11.8. The fourth-order valence-corrected chi connectivity index (χ4v) is 2.65. The average Bonchev–Trinajstić information content (AvgIpc) is 2.84. The number of nitrogens with two attached hydrogens (primary N) is 1. The molecule has 1 heterocycles. The van der Waals surface area contributed by atoms with Crippen molar-refractivity contribution in [2.75, 3.05) is 6.54 Å². The molecule has 0 atom stereocenters. The van der Waals surface area contributed by atoms with Crippen molar-refractivity contribution >= 4 is 31.9 Å². The lowest BCUT2D eigenvalue weighted by molar-refractivity contribution is 0.0952. The molecule has 1 aromatic heterocycles. The highest BCUT2D eigenvalue weighted by molar-refractivity contribution is 9.10. The summed E-state index contributed by atoms with van der Waals surface area (Å²) in [6, 6.07) is 7.79. The minimum absolute atomic E-state index is 0.0672. The SMILES string of the molecule is NS(=O)(=O)c1ccc(CCNC(=O)c2ccoc2Br)cc1. The van der Waals surface area contributed by atoms with Gasteiger partial charge in [-0.05, 0) is 46.1 Å². The van der Waals surface area contributed by atoms with Crippen LogP contribution in [0, 0.1) is 0 Å². The van der Waals surface area contributed by atoms with Crippen molar-refractivity contribution in [3.63, 3.8) is 0 Å². The quantitative estimate of drug-likeness (QED) is 0.832. The Hall–Kier alpha value is -1.64. The number of hydrogen-bond donors (Lipinski definition) is 2. The molecular formula is C13H13BrN2O4S. The van der Waals surface area contributed by atoms with E-state index in [0.29, 0.717) is 23.2 Å². The first-order valence-corrected chi connectivity index (χ1v) is 8.35. The number of hydrogen-bond acceptors (Lipinski definition) is 4. The van der Waals surface area contributed by atoms with Crippen molar-refractivity contribution in [3.8, 4) is 0 Å². The number of sulfonamides is 1. The van der Waals surface area contributed by atoms with E-state index in [1.807, 2.05) is 0 Å². The lowest BCUT2D eigenvalue weighted by Crippen LogP contribution is -2.25. The molecule has 0 aliphatic carbocycles. The molecule has 3 N–H and O–H groups in total. The summed E-state index contributed by atoms with van der Waals surface area (Å²) in [5.74, 6) is -0.239. The molecule has 6 nitrogen and oxygen atoms in total. The van der Waals surface area contributed by atoms with Crippen LogP contribution in [0.4, 0.5) is 0 Å². The van der Waals surface area contributed by atoms with E-state index in [-0.39, 0.29) is 10.8 Å². The number of benzene rings is 1. The second kappa shape index (κ2) is 6.42. The van der Waals surface area contributed by atoms with Gasteiger partial charge in [0.25, 0.3) is 5.91 Å². The molecule has 8 heteroatoms. The second-order valence-corrected chi connectivity index (χ2v) is 6.58. The van der Waals surface area contributed by atoms with Crippen LogP contribution in [0.5, 0.6) is 0 Å². The van der Waals surface area contributed by atoms with Crippen LogP contribution in [-0.2, 0) is 16.4 Å². The van der Waals surface area contributed by atoms with Gasteiger partial charge in [0.15, 0.2) is 4.67 Å². The van der Waals surface area contributed by atoms with Crippen LogP contribution in [0.15, 0.2) is 50.6 Å². The van der Waals surface area contributed by atoms with Crippen molar-refractivity contribution in [2.24, 2.45) is 5.14 Å². The largest absolute Gasteiger partial charge is 0.457 e. The predicted molar refractivity (Wildman–Crippen MR) is 80.3 cm³/mol. The minimum atomic E-state index is -3.67. The van der Waals surface area contributed by atoms with Crippen LogP contribution >= 0.6 is 15.9 Å². The molecule has 0 saturated heterocycles. The highest BCUT2D eigenvalue weighted by atomic mass is 79.9. The van der Waals surface area contributed by atoms with Gasteiger partial charge in [-0.2, -0.15) is 0 Å². The molecule has 0 unspecified atom stereocenters. The summed E-state index contributed by atoms with van der Waals surface area (Å²) in [6.45, 7) is 0.422. The minimum Gasteiger partial charge on any atom is -0.457 e. The van der Waals surface area contributed by atoms with Gasteiger partial charge >= 0.3 is 0 Å². The Morgan fingerprint density at radius 3 is 2.43 bits per heavy atom. The zero-order chi connectivity index (χ0) is 15.5. The van der Waals surface area contributed by atoms with Gasteiger partial charge in [0.1, 0.15) is 0 Å². The molecule has 0 spiro atoms. The number of amides is 1. The Labute approximate surface area is 130 Å². The molecule has 0 aliphatic rings. The third-order valence-corrected chi connectivity index (χ3v) is 4.36. The Kier molecular flexibility index (Phi) is 4.81. The van der Waals surface area contributed by atoms with Crippen molar-refractivity contribution in [1.29, 1.82) is 0 Å². The first kappa shape index (κ1) is 15.7. The van der Waals surface area contributed by atoms with Crippen LogP contribution in [0.3, 0.4) is 0 Å². The van der Waals surface area contributed by atoms with E-state index in [4.69, 9.17) is 9.56 Å². The molecule has 0 aliphatic heterocycles. The monoisotopic (exact) mass is 372 g/mol. The van der Waals surface area contributed by atoms with Crippen LogP contribution in [-0.4, -0.2) is 20.9 Å². The Bertz CT molecular complexity index is 738. The van der Waals surface area contributed by atoms with Gasteiger partial charge in [-0.25, -0.2) is 13.6 Å². The summed E-state index contributed by atoms with van der Waals surface area (Å²) in [7, 11) is -3.67. The number of primary sulfonamides is 1. The topological polar surface area (TPSA) is 102 Å². The molecule has 2 aromatic rings. The van der Waals surface area contributed by atoms with E-state index < -0.39 is 10.0 Å². The van der Waals surface area contributed by atoms with Crippen LogP contribution in [0.25, 0.3) is 0 Å². The molecule has 0 saturated carbocycles. The Morgan fingerprint density at radius 2 is 1.90 bits per heavy atom.